The topological polar surface area (TPSA) is 64.9 Å². The van der Waals surface area contributed by atoms with E-state index < -0.39 is 0 Å². The van der Waals surface area contributed by atoms with E-state index in [1.165, 1.54) is 11.5 Å². The summed E-state index contributed by atoms with van der Waals surface area (Å²) in [5.41, 5.74) is 5.94. The largest absolute Gasteiger partial charge is 0.338 e. The van der Waals surface area contributed by atoms with Crippen LogP contribution >= 0.6 is 23.5 Å². The van der Waals surface area contributed by atoms with Crippen LogP contribution in [0.2, 0.25) is 0 Å². The van der Waals surface area contributed by atoms with Crippen LogP contribution in [0.25, 0.3) is 0 Å². The van der Waals surface area contributed by atoms with Crippen molar-refractivity contribution in [1.29, 1.82) is 0 Å². The Morgan fingerprint density at radius 1 is 1.56 bits per heavy atom. The molecule has 16 heavy (non-hydrogen) atoms. The molecule has 2 rings (SSSR count). The van der Waals surface area contributed by atoms with Crippen LogP contribution in [0.1, 0.15) is 42.8 Å². The Balaban J connectivity index is 2.00. The first-order chi connectivity index (χ1) is 7.81. The van der Waals surface area contributed by atoms with Gasteiger partial charge in [0.25, 0.3) is 0 Å². The second kappa shape index (κ2) is 5.93. The summed E-state index contributed by atoms with van der Waals surface area (Å²) in [7, 11) is 0. The lowest BCUT2D eigenvalue weighted by Crippen LogP contribution is -2.11. The van der Waals surface area contributed by atoms with Crippen molar-refractivity contribution in [2.24, 2.45) is 5.73 Å². The minimum Gasteiger partial charge on any atom is -0.338 e. The monoisotopic (exact) mass is 259 g/mol. The normalized spacial score (nSPS) is 23.2. The minimum absolute atomic E-state index is 0.104. The fourth-order valence-electron chi connectivity index (χ4n) is 1.60. The van der Waals surface area contributed by atoms with Gasteiger partial charge < -0.3 is 10.3 Å². The zero-order valence-electron chi connectivity index (χ0n) is 9.39. The van der Waals surface area contributed by atoms with Crippen molar-refractivity contribution >= 4 is 23.5 Å². The van der Waals surface area contributed by atoms with E-state index in [1.807, 2.05) is 23.5 Å². The highest BCUT2D eigenvalue weighted by atomic mass is 32.2. The molecule has 0 aliphatic carbocycles. The van der Waals surface area contributed by atoms with Crippen LogP contribution in [0.5, 0.6) is 0 Å². The van der Waals surface area contributed by atoms with Crippen molar-refractivity contribution in [2.45, 2.75) is 31.1 Å². The van der Waals surface area contributed by atoms with Gasteiger partial charge in [-0.05, 0) is 6.42 Å². The third kappa shape index (κ3) is 2.93. The van der Waals surface area contributed by atoms with Crippen LogP contribution in [-0.2, 0) is 0 Å². The molecule has 0 bridgehead atoms. The third-order valence-electron chi connectivity index (χ3n) is 2.48. The highest BCUT2D eigenvalue weighted by molar-refractivity contribution is 8.06. The van der Waals surface area contributed by atoms with Crippen LogP contribution in [0.4, 0.5) is 0 Å². The lowest BCUT2D eigenvalue weighted by atomic mass is 10.2. The summed E-state index contributed by atoms with van der Waals surface area (Å²) in [5.74, 6) is 4.88. The highest BCUT2D eigenvalue weighted by Gasteiger charge is 2.23. The van der Waals surface area contributed by atoms with E-state index in [2.05, 4.69) is 17.1 Å². The Hall–Kier alpha value is -0.200. The van der Waals surface area contributed by atoms with Gasteiger partial charge in [0, 0.05) is 17.3 Å². The number of rotatable bonds is 4. The van der Waals surface area contributed by atoms with E-state index >= 15 is 0 Å². The molecule has 0 saturated carbocycles. The van der Waals surface area contributed by atoms with Gasteiger partial charge in [0.1, 0.15) is 0 Å². The fourth-order valence-corrected chi connectivity index (χ4v) is 4.19. The molecule has 0 amide bonds. The molecule has 0 radical (unpaired) electrons. The molecule has 1 fully saturated rings. The van der Waals surface area contributed by atoms with Gasteiger partial charge in [-0.25, -0.2) is 0 Å². The lowest BCUT2D eigenvalue weighted by Gasteiger charge is -2.17. The van der Waals surface area contributed by atoms with Crippen molar-refractivity contribution in [1.82, 2.24) is 10.1 Å². The number of hydrogen-bond donors (Lipinski definition) is 1. The van der Waals surface area contributed by atoms with Crippen molar-refractivity contribution < 1.29 is 4.52 Å². The van der Waals surface area contributed by atoms with Gasteiger partial charge in [0.2, 0.25) is 5.89 Å². The summed E-state index contributed by atoms with van der Waals surface area (Å²) in [6.07, 6.45) is 1.93. The predicted molar refractivity (Wildman–Crippen MR) is 68.7 cm³/mol. The first-order valence-electron chi connectivity index (χ1n) is 5.59. The molecule has 1 unspecified atom stereocenters. The summed E-state index contributed by atoms with van der Waals surface area (Å²) in [6.45, 7) is 2.10. The second-order valence-corrected chi connectivity index (χ2v) is 6.28. The molecule has 1 saturated heterocycles. The number of thioether (sulfide) groups is 2. The molecule has 1 aliphatic rings. The zero-order chi connectivity index (χ0) is 11.4. The van der Waals surface area contributed by atoms with Crippen LogP contribution in [0.3, 0.4) is 0 Å². The maximum Gasteiger partial charge on any atom is 0.243 e. The van der Waals surface area contributed by atoms with E-state index in [1.54, 1.807) is 0 Å². The van der Waals surface area contributed by atoms with Crippen molar-refractivity contribution in [2.75, 3.05) is 17.3 Å². The van der Waals surface area contributed by atoms with Gasteiger partial charge in [-0.1, -0.05) is 18.5 Å². The van der Waals surface area contributed by atoms with Gasteiger partial charge in [-0.2, -0.15) is 16.7 Å². The molecule has 90 valence electrons. The van der Waals surface area contributed by atoms with Crippen molar-refractivity contribution in [3.05, 3.63) is 11.7 Å². The molecule has 1 aromatic heterocycles. The number of aromatic nitrogens is 2. The van der Waals surface area contributed by atoms with Gasteiger partial charge >= 0.3 is 0 Å². The molecule has 1 aliphatic heterocycles. The zero-order valence-corrected chi connectivity index (χ0v) is 11.0. The van der Waals surface area contributed by atoms with E-state index in [4.69, 9.17) is 10.3 Å². The molecule has 2 N–H and O–H groups in total. The molecule has 4 nitrogen and oxygen atoms in total. The molecule has 0 aromatic carbocycles. The van der Waals surface area contributed by atoms with Crippen LogP contribution in [0.15, 0.2) is 4.52 Å². The first kappa shape index (κ1) is 12.3. The summed E-state index contributed by atoms with van der Waals surface area (Å²) in [5, 5.41) is 4.42. The van der Waals surface area contributed by atoms with Gasteiger partial charge in [-0.15, -0.1) is 11.8 Å². The Labute approximate surface area is 104 Å². The molecule has 2 atom stereocenters. The SMILES string of the molecule is CCC[C@H](N)c1nc(C2CSCCS2)no1. The number of nitrogens with zero attached hydrogens (tertiary/aromatic N) is 2. The van der Waals surface area contributed by atoms with Crippen LogP contribution in [-0.4, -0.2) is 27.4 Å². The standard InChI is InChI=1S/C10H17N3OS2/c1-2-3-7(11)10-12-9(13-14-10)8-6-15-4-5-16-8/h7-8H,2-6,11H2,1H3/t7-,8?/m0/s1. The third-order valence-corrected chi connectivity index (χ3v) is 5.23. The van der Waals surface area contributed by atoms with E-state index in [-0.39, 0.29) is 6.04 Å². The van der Waals surface area contributed by atoms with E-state index in [0.717, 1.165) is 24.4 Å². The second-order valence-electron chi connectivity index (χ2n) is 3.82. The Morgan fingerprint density at radius 2 is 2.44 bits per heavy atom. The quantitative estimate of drug-likeness (QED) is 0.895. The molecule has 6 heteroatoms. The van der Waals surface area contributed by atoms with Crippen LogP contribution < -0.4 is 5.73 Å². The predicted octanol–water partition coefficient (Wildman–Crippen LogP) is 2.39. The lowest BCUT2D eigenvalue weighted by molar-refractivity contribution is 0.344. The smallest absolute Gasteiger partial charge is 0.243 e. The summed E-state index contributed by atoms with van der Waals surface area (Å²) in [4.78, 5) is 4.42. The average molecular weight is 259 g/mol. The van der Waals surface area contributed by atoms with E-state index in [0.29, 0.717) is 11.1 Å². The Morgan fingerprint density at radius 3 is 3.12 bits per heavy atom. The van der Waals surface area contributed by atoms with Crippen molar-refractivity contribution in [3.8, 4) is 0 Å². The molecule has 1 aromatic rings. The summed E-state index contributed by atoms with van der Waals surface area (Å²) >= 11 is 3.86. The van der Waals surface area contributed by atoms with Gasteiger partial charge in [-0.3, -0.25) is 0 Å². The molecule has 2 heterocycles. The first-order valence-corrected chi connectivity index (χ1v) is 7.80. The average Bonchev–Trinajstić information content (AvgIpc) is 2.80. The Kier molecular flexibility index (Phi) is 4.55. The molecule has 0 spiro atoms. The van der Waals surface area contributed by atoms with Crippen LogP contribution in [0, 0.1) is 0 Å². The number of hydrogen-bond acceptors (Lipinski definition) is 6. The Bertz CT molecular complexity index is 326. The number of nitrogens with two attached hydrogens (primary N) is 1. The van der Waals surface area contributed by atoms with Gasteiger partial charge in [0.15, 0.2) is 5.82 Å². The minimum atomic E-state index is -0.104. The van der Waals surface area contributed by atoms with Crippen molar-refractivity contribution in [3.63, 3.8) is 0 Å². The summed E-state index contributed by atoms with van der Waals surface area (Å²) < 4.78 is 5.22. The highest BCUT2D eigenvalue weighted by Crippen LogP contribution is 2.35. The fraction of sp³-hybridized carbons (Fsp3) is 0.800. The van der Waals surface area contributed by atoms with E-state index in [9.17, 15) is 0 Å². The van der Waals surface area contributed by atoms with Gasteiger partial charge in [0.05, 0.1) is 11.3 Å². The summed E-state index contributed by atoms with van der Waals surface area (Å²) in [6, 6.07) is -0.104. The maximum absolute atomic E-state index is 5.94. The molecular weight excluding hydrogens is 242 g/mol. The maximum atomic E-state index is 5.94. The molecular formula is C10H17N3OS2.